The lowest BCUT2D eigenvalue weighted by Crippen LogP contribution is -2.23. The maximum absolute atomic E-state index is 14.3. The van der Waals surface area contributed by atoms with Crippen molar-refractivity contribution in [1.82, 2.24) is 24.7 Å². The number of aryl methyl sites for hydroxylation is 1. The van der Waals surface area contributed by atoms with E-state index >= 15 is 0 Å². The lowest BCUT2D eigenvalue weighted by molar-refractivity contribution is -0.115. The zero-order valence-corrected chi connectivity index (χ0v) is 19.5. The molecule has 0 saturated carbocycles. The van der Waals surface area contributed by atoms with Gasteiger partial charge in [0, 0.05) is 30.0 Å². The molecule has 0 aliphatic rings. The van der Waals surface area contributed by atoms with Crippen molar-refractivity contribution in [3.05, 3.63) is 65.4 Å². The van der Waals surface area contributed by atoms with Gasteiger partial charge in [0.1, 0.15) is 11.3 Å². The summed E-state index contributed by atoms with van der Waals surface area (Å²) in [5.41, 5.74) is 3.61. The van der Waals surface area contributed by atoms with Gasteiger partial charge in [-0.15, -0.1) is 21.5 Å². The topological polar surface area (TPSA) is 76.8 Å². The zero-order valence-electron chi connectivity index (χ0n) is 17.9. The maximum Gasteiger partial charge on any atom is 0.230 e. The van der Waals surface area contributed by atoms with E-state index in [9.17, 15) is 9.18 Å². The van der Waals surface area contributed by atoms with E-state index in [-0.39, 0.29) is 11.6 Å². The molecule has 0 atom stereocenters. The number of aromatic nitrogens is 5. The van der Waals surface area contributed by atoms with Crippen LogP contribution < -0.4 is 4.90 Å². The fourth-order valence-corrected chi connectivity index (χ4v) is 5.37. The van der Waals surface area contributed by atoms with Crippen LogP contribution in [0.4, 0.5) is 15.2 Å². The Bertz CT molecular complexity index is 1480. The number of carbonyl (C=O) groups excluding carboxylic acids is 1. The third kappa shape index (κ3) is 3.96. The molecule has 1 amide bonds. The molecule has 166 valence electrons. The summed E-state index contributed by atoms with van der Waals surface area (Å²) in [6.45, 7) is 4.25. The second-order valence-corrected chi connectivity index (χ2v) is 9.02. The highest BCUT2D eigenvalue weighted by Gasteiger charge is 2.21. The summed E-state index contributed by atoms with van der Waals surface area (Å²) < 4.78 is 16.4. The van der Waals surface area contributed by atoms with Gasteiger partial charge >= 0.3 is 0 Å². The van der Waals surface area contributed by atoms with Gasteiger partial charge in [-0.2, -0.15) is 0 Å². The number of thioether (sulfide) groups is 1. The normalized spacial score (nSPS) is 11.4. The standard InChI is InChI=1S/C23H19FN6OS2/c1-3-29-18-10-6-4-8-16(18)20-21(29)26-22(28-27-20)32-12-15-13-33-23(25-15)30(14(2)31)19-11-7-5-9-17(19)24/h4-11,13H,3,12H2,1-2H3. The molecule has 33 heavy (non-hydrogen) atoms. The van der Waals surface area contributed by atoms with Crippen LogP contribution in [-0.2, 0) is 17.1 Å². The summed E-state index contributed by atoms with van der Waals surface area (Å²) in [4.78, 5) is 22.8. The van der Waals surface area contributed by atoms with Gasteiger partial charge in [-0.3, -0.25) is 9.69 Å². The van der Waals surface area contributed by atoms with Gasteiger partial charge in [0.05, 0.1) is 16.9 Å². The van der Waals surface area contributed by atoms with Crippen LogP contribution >= 0.6 is 23.1 Å². The number of para-hydroxylation sites is 2. The fraction of sp³-hybridized carbons (Fsp3) is 0.174. The summed E-state index contributed by atoms with van der Waals surface area (Å²) in [7, 11) is 0. The molecular weight excluding hydrogens is 459 g/mol. The summed E-state index contributed by atoms with van der Waals surface area (Å²) in [6.07, 6.45) is 0. The van der Waals surface area contributed by atoms with Gasteiger partial charge in [0.15, 0.2) is 10.8 Å². The van der Waals surface area contributed by atoms with E-state index < -0.39 is 5.82 Å². The van der Waals surface area contributed by atoms with E-state index in [4.69, 9.17) is 4.98 Å². The largest absolute Gasteiger partial charge is 0.324 e. The molecule has 5 aromatic rings. The van der Waals surface area contributed by atoms with Crippen molar-refractivity contribution in [3.8, 4) is 0 Å². The predicted molar refractivity (Wildman–Crippen MR) is 129 cm³/mol. The van der Waals surface area contributed by atoms with Crippen molar-refractivity contribution in [2.45, 2.75) is 31.3 Å². The van der Waals surface area contributed by atoms with Crippen molar-refractivity contribution in [2.75, 3.05) is 4.90 Å². The Hall–Kier alpha value is -3.37. The Morgan fingerprint density at radius 3 is 2.70 bits per heavy atom. The van der Waals surface area contributed by atoms with E-state index in [0.29, 0.717) is 16.0 Å². The van der Waals surface area contributed by atoms with Crippen molar-refractivity contribution in [1.29, 1.82) is 0 Å². The van der Waals surface area contributed by atoms with Crippen molar-refractivity contribution < 1.29 is 9.18 Å². The molecule has 0 bridgehead atoms. The number of anilines is 2. The van der Waals surface area contributed by atoms with Gasteiger partial charge in [-0.05, 0) is 25.1 Å². The number of nitrogens with zero attached hydrogens (tertiary/aromatic N) is 6. The second-order valence-electron chi connectivity index (χ2n) is 7.24. The molecule has 10 heteroatoms. The van der Waals surface area contributed by atoms with E-state index in [1.807, 2.05) is 23.6 Å². The summed E-state index contributed by atoms with van der Waals surface area (Å²) >= 11 is 2.71. The van der Waals surface area contributed by atoms with Crippen LogP contribution in [-0.4, -0.2) is 30.6 Å². The van der Waals surface area contributed by atoms with E-state index in [2.05, 4.69) is 32.7 Å². The Morgan fingerprint density at radius 1 is 1.12 bits per heavy atom. The molecule has 0 N–H and O–H groups in total. The fourth-order valence-electron chi connectivity index (χ4n) is 3.71. The maximum atomic E-state index is 14.3. The highest BCUT2D eigenvalue weighted by Crippen LogP contribution is 2.32. The van der Waals surface area contributed by atoms with Crippen LogP contribution in [0.15, 0.2) is 59.1 Å². The number of carbonyl (C=O) groups is 1. The first-order valence-electron chi connectivity index (χ1n) is 10.3. The number of halogens is 1. The van der Waals surface area contributed by atoms with Crippen molar-refractivity contribution in [3.63, 3.8) is 0 Å². The highest BCUT2D eigenvalue weighted by molar-refractivity contribution is 7.98. The lowest BCUT2D eigenvalue weighted by atomic mass is 10.2. The van der Waals surface area contributed by atoms with E-state index in [0.717, 1.165) is 34.3 Å². The van der Waals surface area contributed by atoms with Gasteiger partial charge in [-0.25, -0.2) is 14.4 Å². The minimum atomic E-state index is -0.474. The number of rotatable bonds is 6. The number of hydrogen-bond donors (Lipinski definition) is 0. The average molecular weight is 479 g/mol. The average Bonchev–Trinajstić information content (AvgIpc) is 3.41. The molecule has 3 aromatic heterocycles. The molecule has 0 fully saturated rings. The van der Waals surface area contributed by atoms with Crippen molar-refractivity contribution >= 4 is 61.9 Å². The number of thiazole rings is 1. The first kappa shape index (κ1) is 21.5. The number of hydrogen-bond acceptors (Lipinski definition) is 7. The molecule has 2 aromatic carbocycles. The van der Waals surface area contributed by atoms with Crippen LogP contribution in [0.2, 0.25) is 0 Å². The molecule has 0 spiro atoms. The molecule has 3 heterocycles. The van der Waals surface area contributed by atoms with E-state index in [1.54, 1.807) is 18.2 Å². The molecular formula is C23H19FN6OS2. The monoisotopic (exact) mass is 478 g/mol. The SMILES string of the molecule is CCn1c2ccccc2c2nnc(SCc3csc(N(C(C)=O)c4ccccc4F)n3)nc21. The first-order chi connectivity index (χ1) is 16.1. The second kappa shape index (κ2) is 8.87. The molecule has 0 radical (unpaired) electrons. The van der Waals surface area contributed by atoms with Crippen LogP contribution in [0, 0.1) is 5.82 Å². The van der Waals surface area contributed by atoms with Crippen LogP contribution in [0.1, 0.15) is 19.5 Å². The van der Waals surface area contributed by atoms with Crippen molar-refractivity contribution in [2.24, 2.45) is 0 Å². The zero-order chi connectivity index (χ0) is 22.9. The predicted octanol–water partition coefficient (Wildman–Crippen LogP) is 5.57. The molecule has 5 rings (SSSR count). The van der Waals surface area contributed by atoms with Gasteiger partial charge in [0.2, 0.25) is 11.1 Å². The van der Waals surface area contributed by atoms with E-state index in [1.165, 1.54) is 41.0 Å². The first-order valence-corrected chi connectivity index (χ1v) is 12.2. The Labute approximate surface area is 197 Å². The summed E-state index contributed by atoms with van der Waals surface area (Å²) in [6, 6.07) is 14.2. The molecule has 0 aliphatic heterocycles. The van der Waals surface area contributed by atoms with Crippen LogP contribution in [0.5, 0.6) is 0 Å². The lowest BCUT2D eigenvalue weighted by Gasteiger charge is -2.18. The number of fused-ring (bicyclic) bond motifs is 3. The Morgan fingerprint density at radius 2 is 1.91 bits per heavy atom. The molecule has 7 nitrogen and oxygen atoms in total. The minimum Gasteiger partial charge on any atom is -0.324 e. The molecule has 0 unspecified atom stereocenters. The van der Waals surface area contributed by atoms with Gasteiger partial charge in [-0.1, -0.05) is 42.1 Å². The van der Waals surface area contributed by atoms with Crippen LogP contribution in [0.3, 0.4) is 0 Å². The van der Waals surface area contributed by atoms with Crippen LogP contribution in [0.25, 0.3) is 22.1 Å². The number of amides is 1. The Balaban J connectivity index is 1.40. The quantitative estimate of drug-likeness (QED) is 0.297. The third-order valence-corrected chi connectivity index (χ3v) is 6.90. The minimum absolute atomic E-state index is 0.184. The smallest absolute Gasteiger partial charge is 0.230 e. The van der Waals surface area contributed by atoms with Gasteiger partial charge in [0.25, 0.3) is 0 Å². The molecule has 0 saturated heterocycles. The molecule has 0 aliphatic carbocycles. The summed E-state index contributed by atoms with van der Waals surface area (Å²) in [5, 5.41) is 12.6. The summed E-state index contributed by atoms with van der Waals surface area (Å²) in [5.74, 6) is -0.282. The van der Waals surface area contributed by atoms with Gasteiger partial charge < -0.3 is 4.57 Å². The third-order valence-electron chi connectivity index (χ3n) is 5.16. The Kier molecular flexibility index (Phi) is 5.77. The number of benzene rings is 2. The highest BCUT2D eigenvalue weighted by atomic mass is 32.2.